The minimum Gasteiger partial charge on any atom is -0.328 e. The summed E-state index contributed by atoms with van der Waals surface area (Å²) in [6, 6.07) is 7.40. The van der Waals surface area contributed by atoms with Crippen molar-refractivity contribution in [1.82, 2.24) is 0 Å². The number of amides is 1. The van der Waals surface area contributed by atoms with E-state index in [1.165, 1.54) is 0 Å². The van der Waals surface area contributed by atoms with Crippen molar-refractivity contribution in [2.24, 2.45) is 11.7 Å². The molecule has 0 bridgehead atoms. The minimum absolute atomic E-state index is 0.0183. The highest BCUT2D eigenvalue weighted by Crippen LogP contribution is 2.28. The number of halogens is 1. The smallest absolute Gasteiger partial charge is 0.227 e. The lowest BCUT2D eigenvalue weighted by molar-refractivity contribution is -0.122. The zero-order chi connectivity index (χ0) is 10.8. The fraction of sp³-hybridized carbons (Fsp3) is 0.364. The Kier molecular flexibility index (Phi) is 2.93. The molecule has 80 valence electrons. The molecule has 0 heterocycles. The lowest BCUT2D eigenvalue weighted by atomic mass is 9.80. The number of para-hydroxylation sites is 1. The van der Waals surface area contributed by atoms with Gasteiger partial charge in [-0.25, -0.2) is 0 Å². The second-order valence-electron chi connectivity index (χ2n) is 3.90. The molecule has 2 rings (SSSR count). The van der Waals surface area contributed by atoms with Gasteiger partial charge in [-0.1, -0.05) is 23.7 Å². The summed E-state index contributed by atoms with van der Waals surface area (Å²) in [6.45, 7) is 0. The maximum absolute atomic E-state index is 11.7. The quantitative estimate of drug-likeness (QED) is 0.808. The average Bonchev–Trinajstić information content (AvgIpc) is 2.17. The van der Waals surface area contributed by atoms with Crippen LogP contribution in [0.15, 0.2) is 24.3 Å². The predicted octanol–water partition coefficient (Wildman–Crippen LogP) is 2.02. The van der Waals surface area contributed by atoms with Gasteiger partial charge >= 0.3 is 0 Å². The van der Waals surface area contributed by atoms with E-state index in [0.717, 1.165) is 12.8 Å². The van der Waals surface area contributed by atoms with E-state index in [2.05, 4.69) is 5.32 Å². The van der Waals surface area contributed by atoms with Gasteiger partial charge in [0.25, 0.3) is 0 Å². The summed E-state index contributed by atoms with van der Waals surface area (Å²) < 4.78 is 0. The van der Waals surface area contributed by atoms with Crippen LogP contribution in [0.5, 0.6) is 0 Å². The molecule has 0 unspecified atom stereocenters. The fourth-order valence-corrected chi connectivity index (χ4v) is 1.86. The molecule has 3 N–H and O–H groups in total. The van der Waals surface area contributed by atoms with E-state index in [4.69, 9.17) is 17.3 Å². The Bertz CT molecular complexity index is 375. The van der Waals surface area contributed by atoms with E-state index in [1.54, 1.807) is 12.1 Å². The molecule has 0 aromatic heterocycles. The first-order chi connectivity index (χ1) is 7.16. The molecule has 0 saturated heterocycles. The van der Waals surface area contributed by atoms with Gasteiger partial charge in [0.1, 0.15) is 0 Å². The van der Waals surface area contributed by atoms with Crippen molar-refractivity contribution in [3.63, 3.8) is 0 Å². The van der Waals surface area contributed by atoms with Crippen LogP contribution in [-0.2, 0) is 4.79 Å². The third-order valence-corrected chi connectivity index (χ3v) is 3.01. The number of carbonyl (C=O) groups is 1. The topological polar surface area (TPSA) is 55.1 Å². The molecule has 1 aliphatic carbocycles. The normalized spacial score (nSPS) is 24.4. The van der Waals surface area contributed by atoms with E-state index >= 15 is 0 Å². The first kappa shape index (κ1) is 10.5. The first-order valence-corrected chi connectivity index (χ1v) is 5.35. The molecule has 0 aliphatic heterocycles. The molecule has 1 aliphatic rings. The van der Waals surface area contributed by atoms with Gasteiger partial charge in [-0.15, -0.1) is 0 Å². The molecule has 1 aromatic carbocycles. The van der Waals surface area contributed by atoms with E-state index in [-0.39, 0.29) is 17.9 Å². The van der Waals surface area contributed by atoms with Crippen LogP contribution >= 0.6 is 11.6 Å². The molecule has 0 atom stereocenters. The van der Waals surface area contributed by atoms with Gasteiger partial charge in [0, 0.05) is 12.0 Å². The van der Waals surface area contributed by atoms with E-state index in [0.29, 0.717) is 10.7 Å². The van der Waals surface area contributed by atoms with Crippen molar-refractivity contribution in [3.8, 4) is 0 Å². The lowest BCUT2D eigenvalue weighted by Gasteiger charge is -2.31. The third-order valence-electron chi connectivity index (χ3n) is 2.68. The standard InChI is InChI=1S/C11H13ClN2O/c12-9-3-1-2-4-10(9)14-11(15)7-5-8(13)6-7/h1-4,7-8H,5-6,13H2,(H,14,15). The average molecular weight is 225 g/mol. The maximum Gasteiger partial charge on any atom is 0.227 e. The third kappa shape index (κ3) is 2.30. The first-order valence-electron chi connectivity index (χ1n) is 4.98. The zero-order valence-corrected chi connectivity index (χ0v) is 9.00. The molecule has 1 aromatic rings. The van der Waals surface area contributed by atoms with Crippen LogP contribution < -0.4 is 11.1 Å². The Morgan fingerprint density at radius 3 is 2.67 bits per heavy atom. The number of nitrogens with one attached hydrogen (secondary N) is 1. The van der Waals surface area contributed by atoms with Gasteiger partial charge < -0.3 is 11.1 Å². The molecule has 0 spiro atoms. The van der Waals surface area contributed by atoms with Crippen LogP contribution in [0.4, 0.5) is 5.69 Å². The van der Waals surface area contributed by atoms with Crippen LogP contribution in [0.25, 0.3) is 0 Å². The molecule has 1 fully saturated rings. The number of hydrogen-bond donors (Lipinski definition) is 2. The van der Waals surface area contributed by atoms with E-state index < -0.39 is 0 Å². The second kappa shape index (κ2) is 4.21. The summed E-state index contributed by atoms with van der Waals surface area (Å²) in [6.07, 6.45) is 1.55. The fourth-order valence-electron chi connectivity index (χ4n) is 1.67. The maximum atomic E-state index is 11.7. The molecule has 3 nitrogen and oxygen atoms in total. The van der Waals surface area contributed by atoms with Crippen molar-refractivity contribution in [2.75, 3.05) is 5.32 Å². The summed E-state index contributed by atoms with van der Waals surface area (Å²) in [7, 11) is 0. The van der Waals surface area contributed by atoms with Crippen molar-refractivity contribution >= 4 is 23.2 Å². The monoisotopic (exact) mass is 224 g/mol. The van der Waals surface area contributed by atoms with Gasteiger partial charge in [0.2, 0.25) is 5.91 Å². The van der Waals surface area contributed by atoms with Gasteiger partial charge in [0.15, 0.2) is 0 Å². The van der Waals surface area contributed by atoms with Crippen molar-refractivity contribution in [2.45, 2.75) is 18.9 Å². The van der Waals surface area contributed by atoms with Crippen LogP contribution in [0, 0.1) is 5.92 Å². The van der Waals surface area contributed by atoms with Crippen LogP contribution in [0.2, 0.25) is 5.02 Å². The van der Waals surface area contributed by atoms with Gasteiger partial charge in [-0.3, -0.25) is 4.79 Å². The lowest BCUT2D eigenvalue weighted by Crippen LogP contribution is -2.42. The molecular weight excluding hydrogens is 212 g/mol. The number of anilines is 1. The Balaban J connectivity index is 1.97. The Morgan fingerprint density at radius 2 is 2.07 bits per heavy atom. The Morgan fingerprint density at radius 1 is 1.40 bits per heavy atom. The largest absolute Gasteiger partial charge is 0.328 e. The number of rotatable bonds is 2. The highest BCUT2D eigenvalue weighted by atomic mass is 35.5. The van der Waals surface area contributed by atoms with Crippen LogP contribution in [-0.4, -0.2) is 11.9 Å². The summed E-state index contributed by atoms with van der Waals surface area (Å²) in [5.41, 5.74) is 6.29. The summed E-state index contributed by atoms with van der Waals surface area (Å²) in [4.78, 5) is 11.7. The second-order valence-corrected chi connectivity index (χ2v) is 4.30. The van der Waals surface area contributed by atoms with E-state index in [9.17, 15) is 4.79 Å². The molecule has 1 saturated carbocycles. The van der Waals surface area contributed by atoms with Crippen molar-refractivity contribution in [1.29, 1.82) is 0 Å². The van der Waals surface area contributed by atoms with Gasteiger partial charge in [-0.2, -0.15) is 0 Å². The van der Waals surface area contributed by atoms with Crippen molar-refractivity contribution in [3.05, 3.63) is 29.3 Å². The van der Waals surface area contributed by atoms with Crippen molar-refractivity contribution < 1.29 is 4.79 Å². The van der Waals surface area contributed by atoms with Gasteiger partial charge in [-0.05, 0) is 25.0 Å². The number of carbonyl (C=O) groups excluding carboxylic acids is 1. The van der Waals surface area contributed by atoms with Crippen LogP contribution in [0.1, 0.15) is 12.8 Å². The molecule has 0 radical (unpaired) electrons. The zero-order valence-electron chi connectivity index (χ0n) is 8.24. The van der Waals surface area contributed by atoms with Gasteiger partial charge in [0.05, 0.1) is 10.7 Å². The Labute approximate surface area is 93.6 Å². The highest BCUT2D eigenvalue weighted by Gasteiger charge is 2.32. The minimum atomic E-state index is 0.0183. The molecular formula is C11H13ClN2O. The number of hydrogen-bond acceptors (Lipinski definition) is 2. The predicted molar refractivity (Wildman–Crippen MR) is 60.8 cm³/mol. The summed E-state index contributed by atoms with van der Waals surface area (Å²) in [5, 5.41) is 3.37. The number of benzene rings is 1. The van der Waals surface area contributed by atoms with Crippen LogP contribution in [0.3, 0.4) is 0 Å². The molecule has 1 amide bonds. The summed E-state index contributed by atoms with van der Waals surface area (Å²) in [5.74, 6) is 0.0704. The SMILES string of the molecule is NC1CC(C(=O)Nc2ccccc2Cl)C1. The molecule has 15 heavy (non-hydrogen) atoms. The molecule has 4 heteroatoms. The highest BCUT2D eigenvalue weighted by molar-refractivity contribution is 6.33. The number of nitrogens with two attached hydrogens (primary N) is 1. The Hall–Kier alpha value is -1.06. The van der Waals surface area contributed by atoms with E-state index in [1.807, 2.05) is 12.1 Å². The summed E-state index contributed by atoms with van der Waals surface area (Å²) >= 11 is 5.92.